The number of nitrogens with zero attached hydrogens (tertiary/aromatic N) is 3. The number of H-pyrrole nitrogens is 1. The molecule has 4 rings (SSSR count). The maximum absolute atomic E-state index is 5.02. The molecule has 7 nitrogen and oxygen atoms in total. The number of aromatic nitrogens is 4. The van der Waals surface area contributed by atoms with Gasteiger partial charge in [-0.3, -0.25) is 0 Å². The highest BCUT2D eigenvalue weighted by molar-refractivity contribution is 5.83. The molecule has 126 valence electrons. The van der Waals surface area contributed by atoms with Crippen LogP contribution in [0.1, 0.15) is 11.3 Å². The Morgan fingerprint density at radius 2 is 2.08 bits per heavy atom. The number of aryl methyl sites for hydroxylation is 1. The lowest BCUT2D eigenvalue weighted by Crippen LogP contribution is -2.07. The number of benzene rings is 1. The topological polar surface area (TPSA) is 91.7 Å². The van der Waals surface area contributed by atoms with Gasteiger partial charge in [-0.25, -0.2) is 4.98 Å². The number of hydrogen-bond acceptors (Lipinski definition) is 6. The minimum absolute atomic E-state index is 0.477. The average molecular weight is 334 g/mol. The Bertz CT molecular complexity index is 990. The third-order valence-electron chi connectivity index (χ3n) is 3.90. The molecule has 4 aromatic rings. The second-order valence-corrected chi connectivity index (χ2v) is 5.75. The number of anilines is 3. The summed E-state index contributed by atoms with van der Waals surface area (Å²) < 4.78 is 5.02. The van der Waals surface area contributed by atoms with Gasteiger partial charge in [0, 0.05) is 35.9 Å². The van der Waals surface area contributed by atoms with E-state index in [1.807, 2.05) is 19.1 Å². The highest BCUT2D eigenvalue weighted by Crippen LogP contribution is 2.18. The highest BCUT2D eigenvalue weighted by Gasteiger charge is 2.05. The Morgan fingerprint density at radius 3 is 2.96 bits per heavy atom. The fourth-order valence-electron chi connectivity index (χ4n) is 2.72. The van der Waals surface area contributed by atoms with Gasteiger partial charge in [-0.2, -0.15) is 4.98 Å². The van der Waals surface area contributed by atoms with Crippen LogP contribution in [-0.2, 0) is 6.42 Å². The van der Waals surface area contributed by atoms with Gasteiger partial charge in [0.05, 0.1) is 0 Å². The summed E-state index contributed by atoms with van der Waals surface area (Å²) in [6, 6.07) is 11.9. The zero-order valence-corrected chi connectivity index (χ0v) is 13.8. The van der Waals surface area contributed by atoms with E-state index in [-0.39, 0.29) is 0 Å². The summed E-state index contributed by atoms with van der Waals surface area (Å²) in [5.41, 5.74) is 2.45. The molecule has 3 N–H and O–H groups in total. The molecule has 0 bridgehead atoms. The van der Waals surface area contributed by atoms with Crippen molar-refractivity contribution in [2.24, 2.45) is 0 Å². The fourth-order valence-corrected chi connectivity index (χ4v) is 2.72. The number of aromatic amines is 1. The number of rotatable bonds is 6. The van der Waals surface area contributed by atoms with E-state index in [9.17, 15) is 0 Å². The molecular weight excluding hydrogens is 316 g/mol. The number of hydrogen-bond donors (Lipinski definition) is 3. The Hall–Kier alpha value is -3.35. The smallest absolute Gasteiger partial charge is 0.230 e. The zero-order valence-electron chi connectivity index (χ0n) is 13.8. The predicted molar refractivity (Wildman–Crippen MR) is 97.0 cm³/mol. The molecule has 0 aliphatic carbocycles. The number of fused-ring (bicyclic) bond motifs is 1. The second-order valence-electron chi connectivity index (χ2n) is 5.75. The Labute approximate surface area is 144 Å². The lowest BCUT2D eigenvalue weighted by molar-refractivity contribution is 0.400. The minimum atomic E-state index is 0.477. The van der Waals surface area contributed by atoms with E-state index in [4.69, 9.17) is 4.52 Å². The summed E-state index contributed by atoms with van der Waals surface area (Å²) >= 11 is 0. The third-order valence-corrected chi connectivity index (χ3v) is 3.90. The first-order valence-corrected chi connectivity index (χ1v) is 8.10. The van der Waals surface area contributed by atoms with E-state index in [2.05, 4.69) is 55.1 Å². The van der Waals surface area contributed by atoms with Gasteiger partial charge in [0.15, 0.2) is 5.82 Å². The molecule has 0 saturated heterocycles. The second kappa shape index (κ2) is 6.64. The molecule has 0 atom stereocenters. The zero-order chi connectivity index (χ0) is 17.1. The van der Waals surface area contributed by atoms with Crippen molar-refractivity contribution in [2.45, 2.75) is 13.3 Å². The van der Waals surface area contributed by atoms with Crippen molar-refractivity contribution in [2.75, 3.05) is 17.2 Å². The van der Waals surface area contributed by atoms with Crippen LogP contribution in [0.5, 0.6) is 0 Å². The van der Waals surface area contributed by atoms with Crippen LogP contribution < -0.4 is 10.6 Å². The molecule has 0 spiro atoms. The maximum atomic E-state index is 5.02. The summed E-state index contributed by atoms with van der Waals surface area (Å²) in [5.74, 6) is 2.56. The standard InChI is InChI=1S/C18H18N6O/c1-12-10-17(24-25-12)23-18-20-9-7-16(22-18)19-8-6-13-11-21-15-5-3-2-4-14(13)15/h2-5,7,9-11,21H,6,8H2,1H3,(H2,19,20,22,23,24). The molecule has 7 heteroatoms. The molecule has 0 unspecified atom stereocenters. The summed E-state index contributed by atoms with van der Waals surface area (Å²) in [6.07, 6.45) is 4.67. The third kappa shape index (κ3) is 3.45. The molecule has 0 radical (unpaired) electrons. The lowest BCUT2D eigenvalue weighted by atomic mass is 10.1. The molecule has 0 aliphatic rings. The maximum Gasteiger partial charge on any atom is 0.230 e. The van der Waals surface area contributed by atoms with Gasteiger partial charge in [0.2, 0.25) is 5.95 Å². The SMILES string of the molecule is Cc1cc(Nc2nccc(NCCc3c[nH]c4ccccc34)n2)no1. The van der Waals surface area contributed by atoms with Crippen molar-refractivity contribution < 1.29 is 4.52 Å². The van der Waals surface area contributed by atoms with Crippen molar-refractivity contribution in [1.82, 2.24) is 20.1 Å². The van der Waals surface area contributed by atoms with E-state index in [0.717, 1.165) is 30.1 Å². The first kappa shape index (κ1) is 15.2. The molecule has 3 heterocycles. The normalized spacial score (nSPS) is 10.9. The molecule has 1 aromatic carbocycles. The van der Waals surface area contributed by atoms with Crippen molar-refractivity contribution in [3.8, 4) is 0 Å². The number of nitrogens with one attached hydrogen (secondary N) is 3. The lowest BCUT2D eigenvalue weighted by Gasteiger charge is -2.07. The van der Waals surface area contributed by atoms with Gasteiger partial charge < -0.3 is 20.1 Å². The van der Waals surface area contributed by atoms with Crippen molar-refractivity contribution >= 4 is 28.5 Å². The quantitative estimate of drug-likeness (QED) is 0.498. The van der Waals surface area contributed by atoms with E-state index < -0.39 is 0 Å². The highest BCUT2D eigenvalue weighted by atomic mass is 16.5. The Morgan fingerprint density at radius 1 is 1.16 bits per heavy atom. The van der Waals surface area contributed by atoms with Gasteiger partial charge >= 0.3 is 0 Å². The summed E-state index contributed by atoms with van der Waals surface area (Å²) in [5, 5.41) is 11.5. The monoisotopic (exact) mass is 334 g/mol. The van der Waals surface area contributed by atoms with Crippen LogP contribution in [0, 0.1) is 6.92 Å². The molecule has 3 aromatic heterocycles. The van der Waals surface area contributed by atoms with Crippen LogP contribution in [0.2, 0.25) is 0 Å². The molecule has 0 amide bonds. The van der Waals surface area contributed by atoms with E-state index in [0.29, 0.717) is 11.8 Å². The molecule has 0 saturated carbocycles. The average Bonchev–Trinajstić information content (AvgIpc) is 3.22. The van der Waals surface area contributed by atoms with Gasteiger partial charge in [-0.05, 0) is 31.0 Å². The van der Waals surface area contributed by atoms with E-state index in [1.165, 1.54) is 10.9 Å². The Balaban J connectivity index is 1.39. The van der Waals surface area contributed by atoms with Crippen LogP contribution in [0.25, 0.3) is 10.9 Å². The summed E-state index contributed by atoms with van der Waals surface area (Å²) in [6.45, 7) is 2.61. The molecule has 25 heavy (non-hydrogen) atoms. The van der Waals surface area contributed by atoms with Gasteiger partial charge in [0.1, 0.15) is 11.6 Å². The molecule has 0 fully saturated rings. The van der Waals surface area contributed by atoms with Crippen LogP contribution in [0.3, 0.4) is 0 Å². The largest absolute Gasteiger partial charge is 0.370 e. The summed E-state index contributed by atoms with van der Waals surface area (Å²) in [7, 11) is 0. The number of para-hydroxylation sites is 1. The van der Waals surface area contributed by atoms with Crippen LogP contribution in [-0.4, -0.2) is 26.7 Å². The van der Waals surface area contributed by atoms with Gasteiger partial charge in [0.25, 0.3) is 0 Å². The predicted octanol–water partition coefficient (Wildman–Crippen LogP) is 3.65. The molecule has 0 aliphatic heterocycles. The van der Waals surface area contributed by atoms with Crippen molar-refractivity contribution in [3.63, 3.8) is 0 Å². The van der Waals surface area contributed by atoms with Crippen LogP contribution >= 0.6 is 0 Å². The van der Waals surface area contributed by atoms with Crippen LogP contribution in [0.4, 0.5) is 17.6 Å². The Kier molecular flexibility index (Phi) is 4.04. The van der Waals surface area contributed by atoms with E-state index in [1.54, 1.807) is 12.3 Å². The summed E-state index contributed by atoms with van der Waals surface area (Å²) in [4.78, 5) is 11.9. The minimum Gasteiger partial charge on any atom is -0.370 e. The molecular formula is C18H18N6O. The first-order valence-electron chi connectivity index (χ1n) is 8.10. The van der Waals surface area contributed by atoms with Gasteiger partial charge in [-0.1, -0.05) is 23.4 Å². The first-order chi connectivity index (χ1) is 12.3. The van der Waals surface area contributed by atoms with Gasteiger partial charge in [-0.15, -0.1) is 0 Å². The van der Waals surface area contributed by atoms with Crippen molar-refractivity contribution in [1.29, 1.82) is 0 Å². The van der Waals surface area contributed by atoms with E-state index >= 15 is 0 Å². The van der Waals surface area contributed by atoms with Crippen LogP contribution in [0.15, 0.2) is 53.3 Å². The van der Waals surface area contributed by atoms with Crippen molar-refractivity contribution in [3.05, 3.63) is 60.1 Å². The fraction of sp³-hybridized carbons (Fsp3) is 0.167.